The smallest absolute Gasteiger partial charge is 0.0307 e. The fraction of sp³-hybridized carbons (Fsp3) is 1.00. The maximum atomic E-state index is 3.68. The first-order chi connectivity index (χ1) is 5.31. The SMILES string of the molecule is C[C@H]1CNC2(CCCC2)CN1. The molecular weight excluding hydrogens is 136 g/mol. The third-order valence-corrected chi connectivity index (χ3v) is 3.13. The van der Waals surface area contributed by atoms with E-state index in [1.54, 1.807) is 0 Å². The molecule has 1 atom stereocenters. The predicted octanol–water partition coefficient (Wildman–Crippen LogP) is 0.881. The Kier molecular flexibility index (Phi) is 1.90. The molecule has 0 aromatic rings. The van der Waals surface area contributed by atoms with Gasteiger partial charge in [-0.3, -0.25) is 0 Å². The van der Waals surface area contributed by atoms with E-state index in [0.717, 1.165) is 6.54 Å². The summed E-state index contributed by atoms with van der Waals surface area (Å²) in [5, 5.41) is 7.23. The summed E-state index contributed by atoms with van der Waals surface area (Å²) in [5.74, 6) is 0. The van der Waals surface area contributed by atoms with Crippen molar-refractivity contribution in [2.24, 2.45) is 0 Å². The van der Waals surface area contributed by atoms with Crippen LogP contribution < -0.4 is 10.6 Å². The van der Waals surface area contributed by atoms with E-state index in [4.69, 9.17) is 0 Å². The van der Waals surface area contributed by atoms with Crippen LogP contribution in [0.5, 0.6) is 0 Å². The van der Waals surface area contributed by atoms with Gasteiger partial charge in [-0.15, -0.1) is 0 Å². The highest BCUT2D eigenvalue weighted by atomic mass is 15.1. The lowest BCUT2D eigenvalue weighted by molar-refractivity contribution is 0.246. The molecule has 1 saturated heterocycles. The van der Waals surface area contributed by atoms with Crippen molar-refractivity contribution in [3.8, 4) is 0 Å². The second-order valence-electron chi connectivity index (χ2n) is 4.15. The van der Waals surface area contributed by atoms with E-state index in [1.807, 2.05) is 0 Å². The van der Waals surface area contributed by atoms with Crippen LogP contribution >= 0.6 is 0 Å². The largest absolute Gasteiger partial charge is 0.311 e. The van der Waals surface area contributed by atoms with Crippen LogP contribution in [0, 0.1) is 0 Å². The van der Waals surface area contributed by atoms with Crippen molar-refractivity contribution in [1.82, 2.24) is 10.6 Å². The number of nitrogens with one attached hydrogen (secondary N) is 2. The van der Waals surface area contributed by atoms with Crippen molar-refractivity contribution >= 4 is 0 Å². The van der Waals surface area contributed by atoms with Crippen LogP contribution in [0.1, 0.15) is 32.6 Å². The Morgan fingerprint density at radius 3 is 2.55 bits per heavy atom. The zero-order valence-electron chi connectivity index (χ0n) is 7.32. The van der Waals surface area contributed by atoms with Crippen LogP contribution in [-0.4, -0.2) is 24.7 Å². The summed E-state index contributed by atoms with van der Waals surface area (Å²) >= 11 is 0. The molecule has 2 N–H and O–H groups in total. The van der Waals surface area contributed by atoms with Gasteiger partial charge < -0.3 is 10.6 Å². The third kappa shape index (κ3) is 1.42. The monoisotopic (exact) mass is 154 g/mol. The second-order valence-corrected chi connectivity index (χ2v) is 4.15. The van der Waals surface area contributed by atoms with E-state index in [1.165, 1.54) is 32.2 Å². The van der Waals surface area contributed by atoms with Gasteiger partial charge in [-0.25, -0.2) is 0 Å². The van der Waals surface area contributed by atoms with E-state index < -0.39 is 0 Å². The lowest BCUT2D eigenvalue weighted by Gasteiger charge is -2.38. The molecule has 1 aliphatic carbocycles. The van der Waals surface area contributed by atoms with Crippen LogP contribution in [0.3, 0.4) is 0 Å². The molecule has 0 amide bonds. The van der Waals surface area contributed by atoms with Crippen molar-refractivity contribution in [2.45, 2.75) is 44.2 Å². The molecule has 0 bridgehead atoms. The fourth-order valence-electron chi connectivity index (χ4n) is 2.28. The van der Waals surface area contributed by atoms with E-state index >= 15 is 0 Å². The number of piperazine rings is 1. The van der Waals surface area contributed by atoms with Crippen molar-refractivity contribution in [3.05, 3.63) is 0 Å². The highest BCUT2D eigenvalue weighted by molar-refractivity contribution is 4.98. The van der Waals surface area contributed by atoms with Gasteiger partial charge in [0, 0.05) is 24.7 Å². The minimum Gasteiger partial charge on any atom is -0.311 e. The molecular formula is C9H18N2. The maximum Gasteiger partial charge on any atom is 0.0307 e. The summed E-state index contributed by atoms with van der Waals surface area (Å²) in [7, 11) is 0. The van der Waals surface area contributed by atoms with E-state index in [9.17, 15) is 0 Å². The van der Waals surface area contributed by atoms with Crippen molar-refractivity contribution in [3.63, 3.8) is 0 Å². The molecule has 64 valence electrons. The van der Waals surface area contributed by atoms with Crippen LogP contribution in [0.4, 0.5) is 0 Å². The summed E-state index contributed by atoms with van der Waals surface area (Å²) in [6.07, 6.45) is 5.60. The molecule has 1 saturated carbocycles. The fourth-order valence-corrected chi connectivity index (χ4v) is 2.28. The second kappa shape index (κ2) is 2.76. The maximum absolute atomic E-state index is 3.68. The number of hydrogen-bond donors (Lipinski definition) is 2. The Labute approximate surface area is 68.7 Å². The molecule has 2 fully saturated rings. The van der Waals surface area contributed by atoms with Crippen LogP contribution in [0.25, 0.3) is 0 Å². The molecule has 2 nitrogen and oxygen atoms in total. The minimum absolute atomic E-state index is 0.493. The summed E-state index contributed by atoms with van der Waals surface area (Å²) in [6.45, 7) is 4.59. The minimum atomic E-state index is 0.493. The molecule has 0 radical (unpaired) electrons. The van der Waals surface area contributed by atoms with Crippen molar-refractivity contribution in [1.29, 1.82) is 0 Å². The lowest BCUT2D eigenvalue weighted by Crippen LogP contribution is -2.60. The summed E-state index contributed by atoms with van der Waals surface area (Å²) in [5.41, 5.74) is 0.493. The molecule has 2 heteroatoms. The van der Waals surface area contributed by atoms with Crippen molar-refractivity contribution in [2.75, 3.05) is 13.1 Å². The molecule has 2 aliphatic rings. The Balaban J connectivity index is 1.94. The molecule has 0 aromatic carbocycles. The molecule has 1 spiro atoms. The molecule has 2 rings (SSSR count). The number of hydrogen-bond acceptors (Lipinski definition) is 2. The van der Waals surface area contributed by atoms with Crippen LogP contribution in [0.15, 0.2) is 0 Å². The van der Waals surface area contributed by atoms with Gasteiger partial charge in [0.25, 0.3) is 0 Å². The first-order valence-electron chi connectivity index (χ1n) is 4.79. The van der Waals surface area contributed by atoms with Gasteiger partial charge in [0.05, 0.1) is 0 Å². The molecule has 1 aliphatic heterocycles. The Morgan fingerprint density at radius 2 is 2.00 bits per heavy atom. The zero-order chi connectivity index (χ0) is 7.73. The van der Waals surface area contributed by atoms with Gasteiger partial charge >= 0.3 is 0 Å². The Morgan fingerprint density at radius 1 is 1.27 bits per heavy atom. The van der Waals surface area contributed by atoms with Crippen LogP contribution in [0.2, 0.25) is 0 Å². The van der Waals surface area contributed by atoms with Gasteiger partial charge in [-0.2, -0.15) is 0 Å². The highest BCUT2D eigenvalue weighted by Crippen LogP contribution is 2.30. The van der Waals surface area contributed by atoms with Gasteiger partial charge in [-0.05, 0) is 19.8 Å². The van der Waals surface area contributed by atoms with Gasteiger partial charge in [-0.1, -0.05) is 12.8 Å². The third-order valence-electron chi connectivity index (χ3n) is 3.13. The Hall–Kier alpha value is -0.0800. The van der Waals surface area contributed by atoms with Crippen LogP contribution in [-0.2, 0) is 0 Å². The van der Waals surface area contributed by atoms with Crippen molar-refractivity contribution < 1.29 is 0 Å². The zero-order valence-corrected chi connectivity index (χ0v) is 7.32. The quantitative estimate of drug-likeness (QED) is 0.541. The highest BCUT2D eigenvalue weighted by Gasteiger charge is 2.35. The summed E-state index contributed by atoms with van der Waals surface area (Å²) < 4.78 is 0. The Bertz CT molecular complexity index is 128. The van der Waals surface area contributed by atoms with E-state index in [-0.39, 0.29) is 0 Å². The lowest BCUT2D eigenvalue weighted by atomic mass is 9.94. The average Bonchev–Trinajstić information content (AvgIpc) is 2.45. The normalized spacial score (nSPS) is 36.3. The van der Waals surface area contributed by atoms with Gasteiger partial charge in [0.2, 0.25) is 0 Å². The molecule has 0 aromatic heterocycles. The van der Waals surface area contributed by atoms with Gasteiger partial charge in [0.1, 0.15) is 0 Å². The molecule has 0 unspecified atom stereocenters. The first-order valence-corrected chi connectivity index (χ1v) is 4.79. The molecule has 1 heterocycles. The predicted molar refractivity (Wildman–Crippen MR) is 46.7 cm³/mol. The first kappa shape index (κ1) is 7.56. The summed E-state index contributed by atoms with van der Waals surface area (Å²) in [6, 6.07) is 0.668. The van der Waals surface area contributed by atoms with E-state index in [2.05, 4.69) is 17.6 Å². The van der Waals surface area contributed by atoms with E-state index in [0.29, 0.717) is 11.6 Å². The molecule has 11 heavy (non-hydrogen) atoms. The number of rotatable bonds is 0. The van der Waals surface area contributed by atoms with Gasteiger partial charge in [0.15, 0.2) is 0 Å². The standard InChI is InChI=1S/C9H18N2/c1-8-6-11-9(7-10-8)4-2-3-5-9/h8,10-11H,2-7H2,1H3/t8-/m0/s1. The average molecular weight is 154 g/mol. The topological polar surface area (TPSA) is 24.1 Å². The summed E-state index contributed by atoms with van der Waals surface area (Å²) in [4.78, 5) is 0.